The summed E-state index contributed by atoms with van der Waals surface area (Å²) in [7, 11) is 0. The average Bonchev–Trinajstić information content (AvgIpc) is 3.00. The van der Waals surface area contributed by atoms with Crippen LogP contribution in [0.1, 0.15) is 179 Å². The van der Waals surface area contributed by atoms with Gasteiger partial charge in [-0.05, 0) is 18.4 Å². The molecular weight excluding hydrogens is 522 g/mol. The molecule has 0 amide bonds. The zero-order valence-corrected chi connectivity index (χ0v) is 27.8. The summed E-state index contributed by atoms with van der Waals surface area (Å²) in [4.78, 5) is 11.0. The van der Waals surface area contributed by atoms with Crippen LogP contribution in [0.3, 0.4) is 0 Å². The van der Waals surface area contributed by atoms with Gasteiger partial charge in [0, 0.05) is 31.3 Å². The molecule has 0 fully saturated rings. The number of rotatable bonds is 32. The minimum Gasteiger partial charge on any atom is -0.381 e. The zero-order chi connectivity index (χ0) is 30.4. The van der Waals surface area contributed by atoms with Gasteiger partial charge in [0.25, 0.3) is 5.69 Å². The molecule has 0 aliphatic heterocycles. The molecular formula is C37H67NO4. The van der Waals surface area contributed by atoms with Crippen LogP contribution in [0.5, 0.6) is 0 Å². The third-order valence-electron chi connectivity index (χ3n) is 8.47. The molecule has 0 atom stereocenters. The van der Waals surface area contributed by atoms with Gasteiger partial charge in [-0.2, -0.15) is 0 Å². The molecule has 0 aliphatic rings. The van der Waals surface area contributed by atoms with Crippen LogP contribution in [0.4, 0.5) is 5.69 Å². The first kappa shape index (κ1) is 38.6. The number of nitro benzene ring substituents is 1. The highest BCUT2D eigenvalue weighted by atomic mass is 16.6. The van der Waals surface area contributed by atoms with Crippen molar-refractivity contribution in [1.29, 1.82) is 0 Å². The molecule has 0 aromatic heterocycles. The van der Waals surface area contributed by atoms with Gasteiger partial charge in [0.05, 0.1) is 18.1 Å². The van der Waals surface area contributed by atoms with Gasteiger partial charge < -0.3 is 9.47 Å². The second kappa shape index (κ2) is 29.6. The van der Waals surface area contributed by atoms with Crippen molar-refractivity contribution >= 4 is 5.69 Å². The summed E-state index contributed by atoms with van der Waals surface area (Å²) in [5.41, 5.74) is 1.08. The van der Waals surface area contributed by atoms with Crippen molar-refractivity contribution in [2.24, 2.45) is 0 Å². The molecule has 1 rings (SSSR count). The van der Waals surface area contributed by atoms with Gasteiger partial charge in [0.15, 0.2) is 0 Å². The van der Waals surface area contributed by atoms with Gasteiger partial charge in [-0.15, -0.1) is 0 Å². The maximum atomic E-state index is 11.3. The molecule has 0 spiro atoms. The molecule has 1 aromatic carbocycles. The minimum atomic E-state index is -0.318. The molecule has 0 saturated carbocycles. The first-order chi connectivity index (χ1) is 20.7. The Morgan fingerprint density at radius 3 is 1.29 bits per heavy atom. The summed E-state index contributed by atoms with van der Waals surface area (Å²) in [6.45, 7) is 7.16. The Morgan fingerprint density at radius 1 is 0.571 bits per heavy atom. The van der Waals surface area contributed by atoms with Gasteiger partial charge >= 0.3 is 0 Å². The van der Waals surface area contributed by atoms with Crippen LogP contribution in [0.25, 0.3) is 0 Å². The molecule has 0 aliphatic carbocycles. The number of hydrogen-bond acceptors (Lipinski definition) is 4. The predicted octanol–water partition coefficient (Wildman–Crippen LogP) is 12.1. The van der Waals surface area contributed by atoms with E-state index in [0.29, 0.717) is 13.2 Å². The summed E-state index contributed by atoms with van der Waals surface area (Å²) in [6.07, 6.45) is 32.0. The van der Waals surface area contributed by atoms with E-state index >= 15 is 0 Å². The standard InChI is InChI=1S/C37H67NO4/c1-3-5-7-9-11-13-15-17-19-21-23-25-30-41-33-36(35-28-27-29-37(32-35)38(39)40)34-42-31-26-24-22-20-18-16-14-12-10-8-6-4-2/h27-29,32,36H,3-26,30-31,33-34H2,1-2H3. The fourth-order valence-electron chi connectivity index (χ4n) is 5.67. The van der Waals surface area contributed by atoms with E-state index in [2.05, 4.69) is 13.8 Å². The third kappa shape index (κ3) is 23.1. The molecule has 42 heavy (non-hydrogen) atoms. The van der Waals surface area contributed by atoms with Crippen LogP contribution in [-0.4, -0.2) is 31.4 Å². The molecule has 1 aromatic rings. The Hall–Kier alpha value is -1.46. The highest BCUT2D eigenvalue weighted by molar-refractivity contribution is 5.36. The zero-order valence-electron chi connectivity index (χ0n) is 27.8. The van der Waals surface area contributed by atoms with E-state index in [-0.39, 0.29) is 16.5 Å². The highest BCUT2D eigenvalue weighted by Crippen LogP contribution is 2.23. The largest absolute Gasteiger partial charge is 0.381 e. The van der Waals surface area contributed by atoms with Crippen molar-refractivity contribution in [3.63, 3.8) is 0 Å². The smallest absolute Gasteiger partial charge is 0.269 e. The molecule has 0 saturated heterocycles. The molecule has 0 N–H and O–H groups in total. The lowest BCUT2D eigenvalue weighted by atomic mass is 10.0. The fraction of sp³-hybridized carbons (Fsp3) is 0.838. The number of nitro groups is 1. The van der Waals surface area contributed by atoms with E-state index in [9.17, 15) is 10.1 Å². The predicted molar refractivity (Wildman–Crippen MR) is 180 cm³/mol. The quantitative estimate of drug-likeness (QED) is 0.0476. The van der Waals surface area contributed by atoms with E-state index in [1.54, 1.807) is 18.2 Å². The van der Waals surface area contributed by atoms with Gasteiger partial charge in [0.2, 0.25) is 0 Å². The topological polar surface area (TPSA) is 61.6 Å². The van der Waals surface area contributed by atoms with E-state index in [1.165, 1.54) is 141 Å². The van der Waals surface area contributed by atoms with Crippen LogP contribution >= 0.6 is 0 Å². The summed E-state index contributed by atoms with van der Waals surface area (Å²) in [5, 5.41) is 11.3. The van der Waals surface area contributed by atoms with Crippen molar-refractivity contribution in [3.8, 4) is 0 Å². The van der Waals surface area contributed by atoms with E-state index in [4.69, 9.17) is 9.47 Å². The number of non-ortho nitro benzene ring substituents is 1. The molecule has 5 heteroatoms. The number of nitrogens with zero attached hydrogens (tertiary/aromatic N) is 1. The molecule has 0 unspecified atom stereocenters. The van der Waals surface area contributed by atoms with Gasteiger partial charge in [-0.3, -0.25) is 10.1 Å². The number of benzene rings is 1. The summed E-state index contributed by atoms with van der Waals surface area (Å²) < 4.78 is 12.1. The summed E-state index contributed by atoms with van der Waals surface area (Å²) in [5.74, 6) is 0.0274. The van der Waals surface area contributed by atoms with Crippen LogP contribution < -0.4 is 0 Å². The van der Waals surface area contributed by atoms with Crippen molar-refractivity contribution in [2.75, 3.05) is 26.4 Å². The van der Waals surface area contributed by atoms with Crippen molar-refractivity contribution in [1.82, 2.24) is 0 Å². The lowest BCUT2D eigenvalue weighted by Crippen LogP contribution is -2.16. The summed E-state index contributed by atoms with van der Waals surface area (Å²) in [6, 6.07) is 6.99. The minimum absolute atomic E-state index is 0.0274. The SMILES string of the molecule is CCCCCCCCCCCCCCOCC(COCCCCCCCCCCCCCC)c1cccc([N+](=O)[O-])c1. The maximum absolute atomic E-state index is 11.3. The first-order valence-corrected chi connectivity index (χ1v) is 18.1. The normalized spacial score (nSPS) is 11.5. The van der Waals surface area contributed by atoms with Crippen molar-refractivity contribution < 1.29 is 14.4 Å². The molecule has 0 radical (unpaired) electrons. The highest BCUT2D eigenvalue weighted by Gasteiger charge is 2.16. The van der Waals surface area contributed by atoms with Crippen LogP contribution in [0, 0.1) is 10.1 Å². The van der Waals surface area contributed by atoms with Crippen LogP contribution in [-0.2, 0) is 9.47 Å². The number of ether oxygens (including phenoxy) is 2. The number of hydrogen-bond donors (Lipinski definition) is 0. The first-order valence-electron chi connectivity index (χ1n) is 18.1. The van der Waals surface area contributed by atoms with Crippen LogP contribution in [0.15, 0.2) is 24.3 Å². The molecule has 0 heterocycles. The van der Waals surface area contributed by atoms with Gasteiger partial charge in [-0.25, -0.2) is 0 Å². The Kier molecular flexibility index (Phi) is 27.2. The summed E-state index contributed by atoms with van der Waals surface area (Å²) >= 11 is 0. The lowest BCUT2D eigenvalue weighted by molar-refractivity contribution is -0.384. The Bertz CT molecular complexity index is 693. The molecule has 0 bridgehead atoms. The lowest BCUT2D eigenvalue weighted by Gasteiger charge is -2.18. The molecule has 244 valence electrons. The Morgan fingerprint density at radius 2 is 0.929 bits per heavy atom. The number of unbranched alkanes of at least 4 members (excludes halogenated alkanes) is 22. The maximum Gasteiger partial charge on any atom is 0.269 e. The van der Waals surface area contributed by atoms with E-state index in [0.717, 1.165) is 31.6 Å². The second-order valence-electron chi connectivity index (χ2n) is 12.5. The van der Waals surface area contributed by atoms with Crippen LogP contribution in [0.2, 0.25) is 0 Å². The molecule has 5 nitrogen and oxygen atoms in total. The average molecular weight is 590 g/mol. The van der Waals surface area contributed by atoms with E-state index in [1.807, 2.05) is 6.07 Å². The Balaban J connectivity index is 2.17. The second-order valence-corrected chi connectivity index (χ2v) is 12.5. The van der Waals surface area contributed by atoms with Crippen molar-refractivity contribution in [2.45, 2.75) is 174 Å². The monoisotopic (exact) mass is 590 g/mol. The third-order valence-corrected chi connectivity index (χ3v) is 8.47. The van der Waals surface area contributed by atoms with Crippen molar-refractivity contribution in [3.05, 3.63) is 39.9 Å². The Labute approximate surface area is 260 Å². The van der Waals surface area contributed by atoms with E-state index < -0.39 is 0 Å². The van der Waals surface area contributed by atoms with Gasteiger partial charge in [0.1, 0.15) is 0 Å². The van der Waals surface area contributed by atoms with Gasteiger partial charge in [-0.1, -0.05) is 167 Å². The fourth-order valence-corrected chi connectivity index (χ4v) is 5.67.